The fraction of sp³-hybridized carbons (Fsp3) is 0.211. The molecular weight excluding hydrogens is 350 g/mol. The fourth-order valence-corrected chi connectivity index (χ4v) is 3.72. The topological polar surface area (TPSA) is 73.2 Å². The zero-order valence-corrected chi connectivity index (χ0v) is 15.7. The van der Waals surface area contributed by atoms with E-state index in [-0.39, 0.29) is 10.9 Å². The Bertz CT molecular complexity index is 979. The van der Waals surface area contributed by atoms with Crippen LogP contribution in [0.1, 0.15) is 19.9 Å². The first-order valence-corrected chi connectivity index (χ1v) is 9.70. The SMILES string of the molecule is COc1ccc(NS(=O)(=O)c2cn(C(C)C)nc2-c2ccccc2)cc1. The Labute approximate surface area is 153 Å². The Morgan fingerprint density at radius 2 is 1.69 bits per heavy atom. The molecule has 0 saturated carbocycles. The predicted molar refractivity (Wildman–Crippen MR) is 102 cm³/mol. The van der Waals surface area contributed by atoms with Gasteiger partial charge in [0.25, 0.3) is 10.0 Å². The minimum absolute atomic E-state index is 0.0439. The molecule has 0 saturated heterocycles. The van der Waals surface area contributed by atoms with Crippen molar-refractivity contribution < 1.29 is 13.2 Å². The molecule has 2 aromatic carbocycles. The van der Waals surface area contributed by atoms with Crippen LogP contribution >= 0.6 is 0 Å². The molecule has 0 atom stereocenters. The van der Waals surface area contributed by atoms with Crippen LogP contribution in [0.4, 0.5) is 5.69 Å². The lowest BCUT2D eigenvalue weighted by atomic mass is 10.2. The highest BCUT2D eigenvalue weighted by Gasteiger charge is 2.24. The normalized spacial score (nSPS) is 11.5. The van der Waals surface area contributed by atoms with Gasteiger partial charge in [-0.25, -0.2) is 8.42 Å². The van der Waals surface area contributed by atoms with Gasteiger partial charge < -0.3 is 4.74 Å². The maximum absolute atomic E-state index is 13.0. The maximum atomic E-state index is 13.0. The number of anilines is 1. The lowest BCUT2D eigenvalue weighted by Gasteiger charge is -2.09. The molecule has 6 nitrogen and oxygen atoms in total. The van der Waals surface area contributed by atoms with Crippen molar-refractivity contribution in [1.29, 1.82) is 0 Å². The largest absolute Gasteiger partial charge is 0.497 e. The second-order valence-corrected chi connectivity index (χ2v) is 7.77. The number of sulfonamides is 1. The summed E-state index contributed by atoms with van der Waals surface area (Å²) in [5, 5.41) is 4.49. The Balaban J connectivity index is 2.03. The predicted octanol–water partition coefficient (Wildman–Crippen LogP) is 3.94. The molecule has 3 aromatic rings. The molecule has 0 aliphatic heterocycles. The van der Waals surface area contributed by atoms with Crippen molar-refractivity contribution in [3.05, 3.63) is 60.8 Å². The summed E-state index contributed by atoms with van der Waals surface area (Å²) < 4.78 is 35.4. The van der Waals surface area contributed by atoms with Crippen LogP contribution in [-0.2, 0) is 10.0 Å². The third kappa shape index (κ3) is 3.72. The molecule has 0 amide bonds. The molecule has 7 heteroatoms. The Morgan fingerprint density at radius 1 is 1.04 bits per heavy atom. The highest BCUT2D eigenvalue weighted by atomic mass is 32.2. The molecule has 1 heterocycles. The smallest absolute Gasteiger partial charge is 0.265 e. The van der Waals surface area contributed by atoms with Crippen molar-refractivity contribution in [2.24, 2.45) is 0 Å². The number of rotatable bonds is 6. The van der Waals surface area contributed by atoms with Gasteiger partial charge in [0, 0.05) is 23.5 Å². The molecule has 3 rings (SSSR count). The number of benzene rings is 2. The second kappa shape index (κ2) is 7.21. The van der Waals surface area contributed by atoms with Crippen LogP contribution in [0, 0.1) is 0 Å². The highest BCUT2D eigenvalue weighted by molar-refractivity contribution is 7.92. The summed E-state index contributed by atoms with van der Waals surface area (Å²) in [6.45, 7) is 3.91. The molecule has 0 radical (unpaired) electrons. The van der Waals surface area contributed by atoms with Gasteiger partial charge >= 0.3 is 0 Å². The van der Waals surface area contributed by atoms with Gasteiger partial charge in [0.2, 0.25) is 0 Å². The van der Waals surface area contributed by atoms with Crippen LogP contribution in [0.5, 0.6) is 5.75 Å². The third-order valence-electron chi connectivity index (χ3n) is 3.91. The van der Waals surface area contributed by atoms with Gasteiger partial charge in [-0.15, -0.1) is 0 Å². The van der Waals surface area contributed by atoms with E-state index in [1.807, 2.05) is 44.2 Å². The Hall–Kier alpha value is -2.80. The molecule has 0 bridgehead atoms. The summed E-state index contributed by atoms with van der Waals surface area (Å²) in [6.07, 6.45) is 1.57. The average molecular weight is 371 g/mol. The minimum atomic E-state index is -3.80. The summed E-state index contributed by atoms with van der Waals surface area (Å²) in [4.78, 5) is 0.146. The first-order chi connectivity index (χ1) is 12.4. The zero-order chi connectivity index (χ0) is 18.7. The van der Waals surface area contributed by atoms with Crippen LogP contribution in [0.25, 0.3) is 11.3 Å². The summed E-state index contributed by atoms with van der Waals surface area (Å²) in [5.41, 5.74) is 1.64. The van der Waals surface area contributed by atoms with Gasteiger partial charge in [0.05, 0.1) is 7.11 Å². The molecule has 0 fully saturated rings. The quantitative estimate of drug-likeness (QED) is 0.712. The van der Waals surface area contributed by atoms with Gasteiger partial charge in [0.15, 0.2) is 0 Å². The molecule has 0 unspecified atom stereocenters. The van der Waals surface area contributed by atoms with Crippen LogP contribution in [0.2, 0.25) is 0 Å². The molecule has 1 aromatic heterocycles. The summed E-state index contributed by atoms with van der Waals surface area (Å²) >= 11 is 0. The van der Waals surface area contributed by atoms with Crippen molar-refractivity contribution in [3.63, 3.8) is 0 Å². The standard InChI is InChI=1S/C19H21N3O3S/c1-14(2)22-13-18(19(20-22)15-7-5-4-6-8-15)26(23,24)21-16-9-11-17(25-3)12-10-16/h4-14,21H,1-3H3. The van der Waals surface area contributed by atoms with Crippen molar-refractivity contribution in [2.75, 3.05) is 11.8 Å². The number of methoxy groups -OCH3 is 1. The number of ether oxygens (including phenoxy) is 1. The molecule has 136 valence electrons. The van der Waals surface area contributed by atoms with Crippen LogP contribution in [-0.4, -0.2) is 25.3 Å². The third-order valence-corrected chi connectivity index (χ3v) is 5.29. The van der Waals surface area contributed by atoms with Gasteiger partial charge in [-0.2, -0.15) is 5.10 Å². The van der Waals surface area contributed by atoms with Crippen molar-refractivity contribution in [2.45, 2.75) is 24.8 Å². The summed E-state index contributed by atoms with van der Waals surface area (Å²) in [5.74, 6) is 0.658. The van der Waals surface area contributed by atoms with E-state index < -0.39 is 10.0 Å². The van der Waals surface area contributed by atoms with E-state index in [0.29, 0.717) is 17.1 Å². The fourth-order valence-electron chi connectivity index (χ4n) is 2.50. The van der Waals surface area contributed by atoms with E-state index in [9.17, 15) is 8.42 Å². The van der Waals surface area contributed by atoms with Gasteiger partial charge in [0.1, 0.15) is 16.3 Å². The second-order valence-electron chi connectivity index (χ2n) is 6.12. The monoisotopic (exact) mass is 371 g/mol. The Kier molecular flexibility index (Phi) is 4.99. The van der Waals surface area contributed by atoms with Crippen molar-refractivity contribution in [3.8, 4) is 17.0 Å². The van der Waals surface area contributed by atoms with E-state index in [4.69, 9.17) is 4.74 Å². The number of nitrogens with zero attached hydrogens (tertiary/aromatic N) is 2. The molecule has 0 aliphatic rings. The van der Waals surface area contributed by atoms with Crippen molar-refractivity contribution in [1.82, 2.24) is 9.78 Å². The molecule has 1 N–H and O–H groups in total. The zero-order valence-electron chi connectivity index (χ0n) is 14.9. The van der Waals surface area contributed by atoms with E-state index in [2.05, 4.69) is 9.82 Å². The van der Waals surface area contributed by atoms with Gasteiger partial charge in [-0.3, -0.25) is 9.40 Å². The molecular formula is C19H21N3O3S. The van der Waals surface area contributed by atoms with E-state index in [0.717, 1.165) is 5.56 Å². The highest BCUT2D eigenvalue weighted by Crippen LogP contribution is 2.29. The van der Waals surface area contributed by atoms with Gasteiger partial charge in [-0.1, -0.05) is 30.3 Å². The molecule has 0 aliphatic carbocycles. The Morgan fingerprint density at radius 3 is 2.27 bits per heavy atom. The lowest BCUT2D eigenvalue weighted by Crippen LogP contribution is -2.13. The lowest BCUT2D eigenvalue weighted by molar-refractivity contribution is 0.415. The van der Waals surface area contributed by atoms with E-state index in [1.54, 1.807) is 42.3 Å². The molecule has 26 heavy (non-hydrogen) atoms. The maximum Gasteiger partial charge on any atom is 0.265 e. The van der Waals surface area contributed by atoms with Gasteiger partial charge in [-0.05, 0) is 38.1 Å². The first-order valence-electron chi connectivity index (χ1n) is 8.22. The number of nitrogens with one attached hydrogen (secondary N) is 1. The summed E-state index contributed by atoms with van der Waals surface area (Å²) in [7, 11) is -2.24. The number of hydrogen-bond acceptors (Lipinski definition) is 4. The van der Waals surface area contributed by atoms with Crippen LogP contribution in [0.3, 0.4) is 0 Å². The van der Waals surface area contributed by atoms with E-state index >= 15 is 0 Å². The minimum Gasteiger partial charge on any atom is -0.497 e. The summed E-state index contributed by atoms with van der Waals surface area (Å²) in [6, 6.07) is 16.1. The first kappa shape index (κ1) is 18.0. The van der Waals surface area contributed by atoms with Crippen LogP contribution < -0.4 is 9.46 Å². The van der Waals surface area contributed by atoms with Crippen LogP contribution in [0.15, 0.2) is 65.7 Å². The average Bonchev–Trinajstić information content (AvgIpc) is 3.10. The van der Waals surface area contributed by atoms with Crippen molar-refractivity contribution >= 4 is 15.7 Å². The number of aromatic nitrogens is 2. The van der Waals surface area contributed by atoms with E-state index in [1.165, 1.54) is 0 Å². The number of hydrogen-bond donors (Lipinski definition) is 1. The molecule has 0 spiro atoms.